The van der Waals surface area contributed by atoms with E-state index in [1.54, 1.807) is 0 Å². The zero-order valence-corrected chi connectivity index (χ0v) is 16.8. The number of esters is 1. The number of rotatable bonds is 5. The lowest BCUT2D eigenvalue weighted by Crippen LogP contribution is -2.14. The van der Waals surface area contributed by atoms with Crippen LogP contribution in [0.1, 0.15) is 23.5 Å². The number of hydrogen-bond donors (Lipinski definition) is 0. The molecule has 138 valence electrons. The molecule has 0 aliphatic carbocycles. The molecule has 0 bridgehead atoms. The van der Waals surface area contributed by atoms with Crippen molar-refractivity contribution in [3.05, 3.63) is 113 Å². The van der Waals surface area contributed by atoms with Crippen molar-refractivity contribution in [1.82, 2.24) is 0 Å². The highest BCUT2D eigenvalue weighted by molar-refractivity contribution is 9.10. The summed E-state index contributed by atoms with van der Waals surface area (Å²) in [5, 5.41) is 2.14. The molecule has 0 N–H and O–H groups in total. The van der Waals surface area contributed by atoms with Crippen molar-refractivity contribution in [2.75, 3.05) is 0 Å². The van der Waals surface area contributed by atoms with Crippen molar-refractivity contribution in [3.63, 3.8) is 0 Å². The largest absolute Gasteiger partial charge is 0.426 e. The van der Waals surface area contributed by atoms with Gasteiger partial charge in [0.15, 0.2) is 0 Å². The first-order valence-corrected chi connectivity index (χ1v) is 9.98. The summed E-state index contributed by atoms with van der Waals surface area (Å²) in [4.78, 5) is 12.7. The second kappa shape index (κ2) is 8.41. The van der Waals surface area contributed by atoms with Crippen molar-refractivity contribution in [3.8, 4) is 5.75 Å². The Bertz CT molecular complexity index is 1050. The molecule has 0 saturated heterocycles. The molecule has 0 radical (unpaired) electrons. The van der Waals surface area contributed by atoms with Gasteiger partial charge in [-0.3, -0.25) is 4.79 Å². The maximum Gasteiger partial charge on any atom is 0.312 e. The second-order valence-electron chi connectivity index (χ2n) is 6.71. The summed E-state index contributed by atoms with van der Waals surface area (Å²) in [5.41, 5.74) is 2.21. The molecule has 3 heteroatoms. The maximum absolute atomic E-state index is 12.7. The van der Waals surface area contributed by atoms with Crippen LogP contribution in [0.25, 0.3) is 10.8 Å². The average molecular weight is 431 g/mol. The number of halogens is 1. The van der Waals surface area contributed by atoms with E-state index >= 15 is 0 Å². The highest BCUT2D eigenvalue weighted by Gasteiger charge is 2.19. The summed E-state index contributed by atoms with van der Waals surface area (Å²) >= 11 is 3.48. The van der Waals surface area contributed by atoms with E-state index in [9.17, 15) is 4.79 Å². The van der Waals surface area contributed by atoms with Crippen LogP contribution in [0.2, 0.25) is 0 Å². The molecule has 4 aromatic rings. The number of fused-ring (bicyclic) bond motifs is 1. The van der Waals surface area contributed by atoms with Gasteiger partial charge in [-0.25, -0.2) is 0 Å². The standard InChI is InChI=1S/C25H19BrO2/c26-22-13-11-21-16-23(14-12-20(21)15-22)28-25(27)17-24(18-7-3-1-4-8-18)19-9-5-2-6-10-19/h1-16,24H,17H2. The van der Waals surface area contributed by atoms with E-state index in [1.165, 1.54) is 0 Å². The lowest BCUT2D eigenvalue weighted by molar-refractivity contribution is -0.134. The minimum atomic E-state index is -0.242. The van der Waals surface area contributed by atoms with Crippen LogP contribution < -0.4 is 4.74 Å². The van der Waals surface area contributed by atoms with Gasteiger partial charge in [0.1, 0.15) is 5.75 Å². The normalized spacial score (nSPS) is 10.9. The second-order valence-corrected chi connectivity index (χ2v) is 7.62. The molecule has 2 nitrogen and oxygen atoms in total. The van der Waals surface area contributed by atoms with Gasteiger partial charge < -0.3 is 4.74 Å². The molecule has 0 amide bonds. The molecule has 0 heterocycles. The molecule has 0 fully saturated rings. The Labute approximate surface area is 172 Å². The Kier molecular flexibility index (Phi) is 5.54. The third-order valence-corrected chi connectivity index (χ3v) is 5.27. The van der Waals surface area contributed by atoms with Crippen LogP contribution in [-0.4, -0.2) is 5.97 Å². The number of hydrogen-bond acceptors (Lipinski definition) is 2. The minimum absolute atomic E-state index is 0.0358. The Hall–Kier alpha value is -2.91. The predicted molar refractivity (Wildman–Crippen MR) is 117 cm³/mol. The van der Waals surface area contributed by atoms with Gasteiger partial charge in [-0.2, -0.15) is 0 Å². The molecule has 0 atom stereocenters. The van der Waals surface area contributed by atoms with Crippen molar-refractivity contribution in [2.45, 2.75) is 12.3 Å². The van der Waals surface area contributed by atoms with Gasteiger partial charge in [0, 0.05) is 10.4 Å². The fourth-order valence-electron chi connectivity index (χ4n) is 3.40. The van der Waals surface area contributed by atoms with E-state index in [-0.39, 0.29) is 18.3 Å². The fourth-order valence-corrected chi connectivity index (χ4v) is 3.78. The number of carbonyl (C=O) groups excluding carboxylic acids is 1. The molecular weight excluding hydrogens is 412 g/mol. The fraction of sp³-hybridized carbons (Fsp3) is 0.0800. The number of ether oxygens (including phenoxy) is 1. The van der Waals surface area contributed by atoms with Crippen LogP contribution >= 0.6 is 15.9 Å². The quantitative estimate of drug-likeness (QED) is 0.259. The lowest BCUT2D eigenvalue weighted by atomic mass is 9.88. The van der Waals surface area contributed by atoms with Crippen molar-refractivity contribution >= 4 is 32.7 Å². The number of carbonyl (C=O) groups is 1. The van der Waals surface area contributed by atoms with E-state index in [0.29, 0.717) is 5.75 Å². The van der Waals surface area contributed by atoms with Crippen LogP contribution in [0, 0.1) is 0 Å². The molecule has 0 aliphatic rings. The zero-order valence-electron chi connectivity index (χ0n) is 15.2. The molecule has 4 rings (SSSR count). The first-order valence-electron chi connectivity index (χ1n) is 9.19. The van der Waals surface area contributed by atoms with Gasteiger partial charge >= 0.3 is 5.97 Å². The molecule has 4 aromatic carbocycles. The molecule has 0 aromatic heterocycles. The van der Waals surface area contributed by atoms with Crippen molar-refractivity contribution < 1.29 is 9.53 Å². The SMILES string of the molecule is O=C(CC(c1ccccc1)c1ccccc1)Oc1ccc2cc(Br)ccc2c1. The Balaban J connectivity index is 1.56. The lowest BCUT2D eigenvalue weighted by Gasteiger charge is -2.17. The van der Waals surface area contributed by atoms with E-state index in [4.69, 9.17) is 4.74 Å². The number of benzene rings is 4. The van der Waals surface area contributed by atoms with Gasteiger partial charge in [-0.15, -0.1) is 0 Å². The first kappa shape index (κ1) is 18.5. The van der Waals surface area contributed by atoms with Gasteiger partial charge in [-0.1, -0.05) is 88.7 Å². The van der Waals surface area contributed by atoms with Gasteiger partial charge in [0.25, 0.3) is 0 Å². The summed E-state index contributed by atoms with van der Waals surface area (Å²) < 4.78 is 6.70. The van der Waals surface area contributed by atoms with Crippen LogP contribution in [0.4, 0.5) is 0 Å². The topological polar surface area (TPSA) is 26.3 Å². The van der Waals surface area contributed by atoms with Gasteiger partial charge in [0.05, 0.1) is 6.42 Å². The monoisotopic (exact) mass is 430 g/mol. The Morgan fingerprint density at radius 3 is 1.96 bits per heavy atom. The maximum atomic E-state index is 12.7. The molecule has 0 saturated carbocycles. The highest BCUT2D eigenvalue weighted by Crippen LogP contribution is 2.29. The molecule has 0 spiro atoms. The predicted octanol–water partition coefficient (Wildman–Crippen LogP) is 6.73. The molecule has 0 unspecified atom stereocenters. The molecular formula is C25H19BrO2. The Morgan fingerprint density at radius 2 is 1.32 bits per heavy atom. The van der Waals surface area contributed by atoms with Crippen molar-refractivity contribution in [2.24, 2.45) is 0 Å². The van der Waals surface area contributed by atoms with Crippen LogP contribution in [0.3, 0.4) is 0 Å². The van der Waals surface area contributed by atoms with Crippen LogP contribution in [0.5, 0.6) is 5.75 Å². The minimum Gasteiger partial charge on any atom is -0.426 e. The van der Waals surface area contributed by atoms with E-state index in [1.807, 2.05) is 72.8 Å². The smallest absolute Gasteiger partial charge is 0.312 e. The summed E-state index contributed by atoms with van der Waals surface area (Å²) in [5.74, 6) is 0.292. The summed E-state index contributed by atoms with van der Waals surface area (Å²) in [6.07, 6.45) is 0.284. The Morgan fingerprint density at radius 1 is 0.750 bits per heavy atom. The zero-order chi connectivity index (χ0) is 19.3. The first-order chi connectivity index (χ1) is 13.7. The van der Waals surface area contributed by atoms with Crippen LogP contribution in [0.15, 0.2) is 102 Å². The van der Waals surface area contributed by atoms with Crippen molar-refractivity contribution in [1.29, 1.82) is 0 Å². The summed E-state index contributed by atoms with van der Waals surface area (Å²) in [7, 11) is 0. The molecule has 0 aliphatic heterocycles. The van der Waals surface area contributed by atoms with E-state index in [2.05, 4.69) is 40.2 Å². The van der Waals surface area contributed by atoms with E-state index < -0.39 is 0 Å². The highest BCUT2D eigenvalue weighted by atomic mass is 79.9. The summed E-state index contributed by atoms with van der Waals surface area (Å²) in [6, 6.07) is 31.9. The van der Waals surface area contributed by atoms with Crippen LogP contribution in [-0.2, 0) is 4.79 Å². The van der Waals surface area contributed by atoms with Gasteiger partial charge in [0.2, 0.25) is 0 Å². The molecule has 28 heavy (non-hydrogen) atoms. The summed E-state index contributed by atoms with van der Waals surface area (Å²) in [6.45, 7) is 0. The van der Waals surface area contributed by atoms with Gasteiger partial charge in [-0.05, 0) is 46.2 Å². The third-order valence-electron chi connectivity index (χ3n) is 4.78. The third kappa shape index (κ3) is 4.32. The van der Waals surface area contributed by atoms with E-state index in [0.717, 1.165) is 26.4 Å². The average Bonchev–Trinajstić information content (AvgIpc) is 2.73.